The summed E-state index contributed by atoms with van der Waals surface area (Å²) in [5.74, 6) is 0.434. The Morgan fingerprint density at radius 3 is 2.41 bits per heavy atom. The molecule has 0 saturated heterocycles. The van der Waals surface area contributed by atoms with Crippen molar-refractivity contribution < 1.29 is 0 Å². The van der Waals surface area contributed by atoms with Crippen LogP contribution in [0, 0.1) is 0 Å². The van der Waals surface area contributed by atoms with Crippen molar-refractivity contribution in [2.45, 2.75) is 31.5 Å². The van der Waals surface area contributed by atoms with E-state index in [1.165, 1.54) is 27.8 Å². The van der Waals surface area contributed by atoms with Gasteiger partial charge in [-0.1, -0.05) is 79.4 Å². The molecular formula is C21H22Si. The SMILES string of the molecule is CC1=Cc2ccccc2[C@@H]1c1cccc2c1C=CC2[SiH](C)C. The third-order valence-corrected chi connectivity index (χ3v) is 7.20. The molecule has 2 aromatic rings. The van der Waals surface area contributed by atoms with Gasteiger partial charge in [0, 0.05) is 14.7 Å². The molecule has 0 amide bonds. The maximum atomic E-state index is 2.45. The Labute approximate surface area is 134 Å². The van der Waals surface area contributed by atoms with Gasteiger partial charge in [0.15, 0.2) is 0 Å². The summed E-state index contributed by atoms with van der Waals surface area (Å²) in [6, 6.07) is 15.8. The predicted octanol–water partition coefficient (Wildman–Crippen LogP) is 5.37. The van der Waals surface area contributed by atoms with E-state index in [9.17, 15) is 0 Å². The van der Waals surface area contributed by atoms with Crippen molar-refractivity contribution in [3.05, 3.63) is 81.9 Å². The van der Waals surface area contributed by atoms with Crippen molar-refractivity contribution in [2.75, 3.05) is 0 Å². The van der Waals surface area contributed by atoms with Crippen LogP contribution in [0.5, 0.6) is 0 Å². The molecule has 0 radical (unpaired) electrons. The number of hydrogen-bond donors (Lipinski definition) is 0. The van der Waals surface area contributed by atoms with Crippen LogP contribution in [0.1, 0.15) is 46.2 Å². The lowest BCUT2D eigenvalue weighted by atomic mass is 9.85. The molecule has 1 heteroatoms. The Morgan fingerprint density at radius 1 is 0.864 bits per heavy atom. The summed E-state index contributed by atoms with van der Waals surface area (Å²) in [5.41, 5.74) is 9.57. The summed E-state index contributed by atoms with van der Waals surface area (Å²) in [7, 11) is -0.699. The summed E-state index contributed by atoms with van der Waals surface area (Å²) < 4.78 is 0. The number of hydrogen-bond acceptors (Lipinski definition) is 0. The van der Waals surface area contributed by atoms with Gasteiger partial charge in [-0.05, 0) is 40.3 Å². The molecule has 0 bridgehead atoms. The maximum Gasteiger partial charge on any atom is 0.0436 e. The predicted molar refractivity (Wildman–Crippen MR) is 99.0 cm³/mol. The van der Waals surface area contributed by atoms with Gasteiger partial charge in [0.2, 0.25) is 0 Å². The molecule has 110 valence electrons. The average Bonchev–Trinajstić information content (AvgIpc) is 3.07. The topological polar surface area (TPSA) is 0 Å². The summed E-state index contributed by atoms with van der Waals surface area (Å²) >= 11 is 0. The standard InChI is InChI=1S/C21H22Si/c1-14-13-15-7-4-5-8-16(15)21(14)19-10-6-9-18-17(19)11-12-20(18)22(2)3/h4-13,20-22H,1-3H3/t20?,21-/m1/s1. The van der Waals surface area contributed by atoms with Gasteiger partial charge in [-0.25, -0.2) is 0 Å². The highest BCUT2D eigenvalue weighted by Gasteiger charge is 2.29. The van der Waals surface area contributed by atoms with E-state index in [-0.39, 0.29) is 0 Å². The van der Waals surface area contributed by atoms with Gasteiger partial charge in [0.05, 0.1) is 0 Å². The van der Waals surface area contributed by atoms with E-state index < -0.39 is 8.80 Å². The van der Waals surface area contributed by atoms with Crippen molar-refractivity contribution in [1.82, 2.24) is 0 Å². The first kappa shape index (κ1) is 13.8. The molecule has 2 aromatic carbocycles. The molecular weight excluding hydrogens is 280 g/mol. The molecule has 0 fully saturated rings. The van der Waals surface area contributed by atoms with E-state index in [2.05, 4.69) is 80.7 Å². The van der Waals surface area contributed by atoms with Crippen LogP contribution in [0.3, 0.4) is 0 Å². The molecule has 0 nitrogen and oxygen atoms in total. The maximum absolute atomic E-state index is 2.45. The average molecular weight is 302 g/mol. The molecule has 2 atom stereocenters. The number of benzene rings is 2. The van der Waals surface area contributed by atoms with Crippen LogP contribution in [0.15, 0.2) is 54.1 Å². The van der Waals surface area contributed by atoms with Gasteiger partial charge >= 0.3 is 0 Å². The van der Waals surface area contributed by atoms with Crippen LogP contribution in [0.25, 0.3) is 12.2 Å². The second-order valence-electron chi connectivity index (χ2n) is 6.93. The highest BCUT2D eigenvalue weighted by molar-refractivity contribution is 6.58. The van der Waals surface area contributed by atoms with E-state index in [4.69, 9.17) is 0 Å². The lowest BCUT2D eigenvalue weighted by molar-refractivity contribution is 0.968. The minimum Gasteiger partial charge on any atom is -0.0794 e. The lowest BCUT2D eigenvalue weighted by Crippen LogP contribution is -2.13. The van der Waals surface area contributed by atoms with Gasteiger partial charge in [-0.3, -0.25) is 0 Å². The molecule has 0 heterocycles. The van der Waals surface area contributed by atoms with Crippen molar-refractivity contribution in [2.24, 2.45) is 0 Å². The van der Waals surface area contributed by atoms with Gasteiger partial charge in [-0.15, -0.1) is 0 Å². The minimum atomic E-state index is -0.699. The molecule has 2 aliphatic carbocycles. The zero-order chi connectivity index (χ0) is 15.3. The molecule has 0 N–H and O–H groups in total. The van der Waals surface area contributed by atoms with Crippen molar-refractivity contribution in [1.29, 1.82) is 0 Å². The first-order valence-electron chi connectivity index (χ1n) is 8.25. The quantitative estimate of drug-likeness (QED) is 0.654. The van der Waals surface area contributed by atoms with Crippen LogP contribution >= 0.6 is 0 Å². The number of fused-ring (bicyclic) bond motifs is 2. The number of rotatable bonds is 2. The van der Waals surface area contributed by atoms with Crippen LogP contribution in [-0.2, 0) is 0 Å². The van der Waals surface area contributed by atoms with Crippen molar-refractivity contribution in [3.63, 3.8) is 0 Å². The van der Waals surface area contributed by atoms with Crippen LogP contribution in [0.2, 0.25) is 13.1 Å². The molecule has 0 aliphatic heterocycles. The van der Waals surface area contributed by atoms with E-state index in [0.29, 0.717) is 11.5 Å². The third-order valence-electron chi connectivity index (χ3n) is 5.18. The first-order valence-corrected chi connectivity index (χ1v) is 11.2. The summed E-state index contributed by atoms with van der Waals surface area (Å²) in [6.45, 7) is 7.18. The Hall–Kier alpha value is -1.86. The van der Waals surface area contributed by atoms with Crippen LogP contribution < -0.4 is 0 Å². The summed E-state index contributed by atoms with van der Waals surface area (Å²) in [6.07, 6.45) is 7.19. The van der Waals surface area contributed by atoms with Gasteiger partial charge in [0.25, 0.3) is 0 Å². The van der Waals surface area contributed by atoms with Crippen molar-refractivity contribution >= 4 is 20.9 Å². The largest absolute Gasteiger partial charge is 0.0794 e. The van der Waals surface area contributed by atoms with E-state index in [1.54, 1.807) is 5.56 Å². The Bertz CT molecular complexity index is 795. The fourth-order valence-corrected chi connectivity index (χ4v) is 5.68. The first-order chi connectivity index (χ1) is 10.7. The highest BCUT2D eigenvalue weighted by Crippen LogP contribution is 2.45. The fourth-order valence-electron chi connectivity index (χ4n) is 4.11. The Morgan fingerprint density at radius 2 is 1.59 bits per heavy atom. The second-order valence-corrected chi connectivity index (χ2v) is 10.1. The fraction of sp³-hybridized carbons (Fsp3) is 0.238. The van der Waals surface area contributed by atoms with Gasteiger partial charge in [-0.2, -0.15) is 0 Å². The van der Waals surface area contributed by atoms with E-state index in [0.717, 1.165) is 0 Å². The molecule has 1 unspecified atom stereocenters. The summed E-state index contributed by atoms with van der Waals surface area (Å²) in [5, 5.41) is 0. The molecule has 4 rings (SSSR count). The van der Waals surface area contributed by atoms with Crippen LogP contribution in [0.4, 0.5) is 0 Å². The minimum absolute atomic E-state index is 0.434. The Balaban J connectivity index is 1.87. The second kappa shape index (κ2) is 5.10. The smallest absolute Gasteiger partial charge is 0.0436 e. The molecule has 2 aliphatic rings. The zero-order valence-corrected chi connectivity index (χ0v) is 14.7. The third kappa shape index (κ3) is 1.96. The van der Waals surface area contributed by atoms with Gasteiger partial charge in [0.1, 0.15) is 0 Å². The lowest BCUT2D eigenvalue weighted by Gasteiger charge is -2.20. The van der Waals surface area contributed by atoms with Crippen LogP contribution in [-0.4, -0.2) is 8.80 Å². The highest BCUT2D eigenvalue weighted by atomic mass is 28.3. The molecule has 0 aromatic heterocycles. The molecule has 22 heavy (non-hydrogen) atoms. The summed E-state index contributed by atoms with van der Waals surface area (Å²) in [4.78, 5) is 0. The van der Waals surface area contributed by atoms with E-state index in [1.807, 2.05) is 0 Å². The number of allylic oxidation sites excluding steroid dienone is 2. The zero-order valence-electron chi connectivity index (χ0n) is 13.5. The molecule has 0 spiro atoms. The normalized spacial score (nSPS) is 21.9. The Kier molecular flexibility index (Phi) is 3.19. The van der Waals surface area contributed by atoms with Gasteiger partial charge < -0.3 is 0 Å². The van der Waals surface area contributed by atoms with Crippen molar-refractivity contribution in [3.8, 4) is 0 Å². The monoisotopic (exact) mass is 302 g/mol. The van der Waals surface area contributed by atoms with E-state index >= 15 is 0 Å². The molecule has 0 saturated carbocycles.